The van der Waals surface area contributed by atoms with Crippen LogP contribution in [0.3, 0.4) is 0 Å². The molecule has 1 unspecified atom stereocenters. The van der Waals surface area contributed by atoms with Gasteiger partial charge < -0.3 is 19.7 Å². The second-order valence-electron chi connectivity index (χ2n) is 8.07. The Labute approximate surface area is 191 Å². The van der Waals surface area contributed by atoms with Crippen LogP contribution in [-0.4, -0.2) is 57.9 Å². The second kappa shape index (κ2) is 9.58. The number of halogens is 1. The van der Waals surface area contributed by atoms with Crippen molar-refractivity contribution in [2.24, 2.45) is 0 Å². The molecule has 9 heteroatoms. The molecule has 0 bridgehead atoms. The molecular formula is C23H25ClN4O4. The average molecular weight is 457 g/mol. The van der Waals surface area contributed by atoms with Gasteiger partial charge in [0.1, 0.15) is 5.75 Å². The van der Waals surface area contributed by atoms with Gasteiger partial charge in [0.25, 0.3) is 5.89 Å². The number of nitrogens with one attached hydrogen (secondary N) is 1. The SMILES string of the molecule is CC(C)Oc1ccc(-c2noc(-c3ccc(NC4CCN(CC(=O)O)C4)cc3)n2)cc1Cl. The molecule has 1 atom stereocenters. The van der Waals surface area contributed by atoms with Crippen LogP contribution in [0.5, 0.6) is 5.75 Å². The third kappa shape index (κ3) is 5.38. The van der Waals surface area contributed by atoms with E-state index in [-0.39, 0.29) is 18.7 Å². The second-order valence-corrected chi connectivity index (χ2v) is 8.48. The van der Waals surface area contributed by atoms with Crippen LogP contribution in [0.15, 0.2) is 47.0 Å². The maximum absolute atomic E-state index is 10.9. The van der Waals surface area contributed by atoms with Gasteiger partial charge in [-0.3, -0.25) is 9.69 Å². The number of carboxylic acid groups (broad SMARTS) is 1. The number of nitrogens with zero attached hydrogens (tertiary/aromatic N) is 3. The van der Waals surface area contributed by atoms with Crippen LogP contribution in [0.25, 0.3) is 22.8 Å². The van der Waals surface area contributed by atoms with Crippen molar-refractivity contribution in [3.8, 4) is 28.6 Å². The van der Waals surface area contributed by atoms with Gasteiger partial charge in [-0.2, -0.15) is 4.98 Å². The van der Waals surface area contributed by atoms with Crippen molar-refractivity contribution < 1.29 is 19.2 Å². The summed E-state index contributed by atoms with van der Waals surface area (Å²) in [7, 11) is 0. The Bertz CT molecular complexity index is 1080. The van der Waals surface area contributed by atoms with E-state index < -0.39 is 5.97 Å². The summed E-state index contributed by atoms with van der Waals surface area (Å²) in [6.45, 7) is 5.46. The number of hydrogen-bond donors (Lipinski definition) is 2. The normalized spacial score (nSPS) is 16.4. The fourth-order valence-corrected chi connectivity index (χ4v) is 3.90. The molecule has 32 heavy (non-hydrogen) atoms. The Hall–Kier alpha value is -3.10. The van der Waals surface area contributed by atoms with Crippen molar-refractivity contribution in [3.05, 3.63) is 47.5 Å². The summed E-state index contributed by atoms with van der Waals surface area (Å²) >= 11 is 6.32. The Kier molecular flexibility index (Phi) is 6.62. The highest BCUT2D eigenvalue weighted by atomic mass is 35.5. The van der Waals surface area contributed by atoms with Gasteiger partial charge >= 0.3 is 5.97 Å². The molecule has 3 aromatic rings. The number of aliphatic carboxylic acids is 1. The van der Waals surface area contributed by atoms with Gasteiger partial charge in [-0.15, -0.1) is 0 Å². The zero-order valence-electron chi connectivity index (χ0n) is 17.9. The summed E-state index contributed by atoms with van der Waals surface area (Å²) in [6.07, 6.45) is 0.941. The van der Waals surface area contributed by atoms with Crippen molar-refractivity contribution in [2.75, 3.05) is 25.0 Å². The lowest BCUT2D eigenvalue weighted by molar-refractivity contribution is -0.138. The van der Waals surface area contributed by atoms with Gasteiger partial charge in [-0.05, 0) is 62.7 Å². The van der Waals surface area contributed by atoms with E-state index in [2.05, 4.69) is 15.5 Å². The first-order chi connectivity index (χ1) is 15.4. The molecule has 1 fully saturated rings. The van der Waals surface area contributed by atoms with E-state index in [0.29, 0.717) is 29.0 Å². The highest BCUT2D eigenvalue weighted by Gasteiger charge is 2.23. The minimum atomic E-state index is -0.795. The number of carbonyl (C=O) groups is 1. The summed E-state index contributed by atoms with van der Waals surface area (Å²) in [5.74, 6) is 0.685. The maximum Gasteiger partial charge on any atom is 0.317 e. The quantitative estimate of drug-likeness (QED) is 0.514. The molecule has 0 amide bonds. The molecule has 168 valence electrons. The molecule has 1 aliphatic rings. The van der Waals surface area contributed by atoms with Crippen LogP contribution < -0.4 is 10.1 Å². The number of carboxylic acids is 1. The molecule has 1 aromatic heterocycles. The molecule has 2 N–H and O–H groups in total. The standard InChI is InChI=1S/C23H25ClN4O4/c1-14(2)31-20-8-5-16(11-19(20)24)22-26-23(32-27-22)15-3-6-17(7-4-15)25-18-9-10-28(12-18)13-21(29)30/h3-8,11,14,18,25H,9-10,12-13H2,1-2H3,(H,29,30). The first kappa shape index (κ1) is 22.1. The van der Waals surface area contributed by atoms with Crippen molar-refractivity contribution in [1.82, 2.24) is 15.0 Å². The monoisotopic (exact) mass is 456 g/mol. The zero-order valence-corrected chi connectivity index (χ0v) is 18.7. The molecule has 1 aliphatic heterocycles. The van der Waals surface area contributed by atoms with Gasteiger partial charge in [0.05, 0.1) is 17.7 Å². The molecule has 0 radical (unpaired) electrons. The largest absolute Gasteiger partial charge is 0.489 e. The molecule has 8 nitrogen and oxygen atoms in total. The van der Waals surface area contributed by atoms with Crippen LogP contribution >= 0.6 is 11.6 Å². The topological polar surface area (TPSA) is 101 Å². The van der Waals surface area contributed by atoms with Crippen molar-refractivity contribution in [1.29, 1.82) is 0 Å². The van der Waals surface area contributed by atoms with Gasteiger partial charge in [-0.1, -0.05) is 16.8 Å². The van der Waals surface area contributed by atoms with Crippen molar-refractivity contribution in [2.45, 2.75) is 32.4 Å². The first-order valence-electron chi connectivity index (χ1n) is 10.5. The molecule has 2 aromatic carbocycles. The van der Waals surface area contributed by atoms with Crippen molar-refractivity contribution >= 4 is 23.3 Å². The number of aromatic nitrogens is 2. The smallest absolute Gasteiger partial charge is 0.317 e. The molecule has 1 saturated heterocycles. The molecule has 2 heterocycles. The highest BCUT2D eigenvalue weighted by Crippen LogP contribution is 2.31. The van der Waals surface area contributed by atoms with Crippen LogP contribution in [0.1, 0.15) is 20.3 Å². The number of benzene rings is 2. The summed E-state index contributed by atoms with van der Waals surface area (Å²) in [4.78, 5) is 17.3. The summed E-state index contributed by atoms with van der Waals surface area (Å²) in [5, 5.41) is 16.9. The van der Waals surface area contributed by atoms with E-state index in [1.54, 1.807) is 12.1 Å². The van der Waals surface area contributed by atoms with E-state index in [9.17, 15) is 4.79 Å². The number of ether oxygens (including phenoxy) is 1. The van der Waals surface area contributed by atoms with E-state index in [0.717, 1.165) is 29.8 Å². The van der Waals surface area contributed by atoms with Crippen LogP contribution in [0.4, 0.5) is 5.69 Å². The lowest BCUT2D eigenvalue weighted by Gasteiger charge is -2.15. The van der Waals surface area contributed by atoms with E-state index in [1.165, 1.54) is 0 Å². The van der Waals surface area contributed by atoms with Gasteiger partial charge in [0.2, 0.25) is 5.82 Å². The Morgan fingerprint density at radius 2 is 2.03 bits per heavy atom. The Balaban J connectivity index is 1.40. The maximum atomic E-state index is 10.9. The Morgan fingerprint density at radius 1 is 1.28 bits per heavy atom. The minimum absolute atomic E-state index is 0.0323. The minimum Gasteiger partial charge on any atom is -0.489 e. The van der Waals surface area contributed by atoms with Gasteiger partial charge in [-0.25, -0.2) is 0 Å². The Morgan fingerprint density at radius 3 is 2.72 bits per heavy atom. The first-order valence-corrected chi connectivity index (χ1v) is 10.9. The molecule has 4 rings (SSSR count). The van der Waals surface area contributed by atoms with E-state index in [4.69, 9.17) is 26.0 Å². The van der Waals surface area contributed by atoms with Gasteiger partial charge in [0, 0.05) is 35.9 Å². The van der Waals surface area contributed by atoms with E-state index >= 15 is 0 Å². The number of hydrogen-bond acceptors (Lipinski definition) is 7. The molecule has 0 spiro atoms. The molecular weight excluding hydrogens is 432 g/mol. The van der Waals surface area contributed by atoms with Crippen LogP contribution in [-0.2, 0) is 4.79 Å². The van der Waals surface area contributed by atoms with Crippen LogP contribution in [0, 0.1) is 0 Å². The lowest BCUT2D eigenvalue weighted by atomic mass is 10.1. The predicted octanol–water partition coefficient (Wildman–Crippen LogP) is 4.42. The van der Waals surface area contributed by atoms with Crippen molar-refractivity contribution in [3.63, 3.8) is 0 Å². The highest BCUT2D eigenvalue weighted by molar-refractivity contribution is 6.32. The summed E-state index contributed by atoms with van der Waals surface area (Å²) in [6, 6.07) is 13.4. The van der Waals surface area contributed by atoms with Gasteiger partial charge in [0.15, 0.2) is 0 Å². The fraction of sp³-hybridized carbons (Fsp3) is 0.348. The number of anilines is 1. The summed E-state index contributed by atoms with van der Waals surface area (Å²) < 4.78 is 11.1. The van der Waals surface area contributed by atoms with E-state index in [1.807, 2.05) is 49.1 Å². The zero-order chi connectivity index (χ0) is 22.7. The molecule has 0 aliphatic carbocycles. The number of likely N-dealkylation sites (tertiary alicyclic amines) is 1. The predicted molar refractivity (Wildman–Crippen MR) is 122 cm³/mol. The third-order valence-corrected chi connectivity index (χ3v) is 5.41. The average Bonchev–Trinajstić information content (AvgIpc) is 3.39. The third-order valence-electron chi connectivity index (χ3n) is 5.11. The lowest BCUT2D eigenvalue weighted by Crippen LogP contribution is -2.30. The fourth-order valence-electron chi connectivity index (χ4n) is 3.68. The molecule has 0 saturated carbocycles. The number of rotatable bonds is 8. The summed E-state index contributed by atoms with van der Waals surface area (Å²) in [5.41, 5.74) is 2.51. The van der Waals surface area contributed by atoms with Crippen LogP contribution in [0.2, 0.25) is 5.02 Å².